The smallest absolute Gasteiger partial charge is 0.238 e. The molecule has 0 amide bonds. The molecule has 0 aliphatic heterocycles. The van der Waals surface area contributed by atoms with Gasteiger partial charge in [0, 0.05) is 5.56 Å². The van der Waals surface area contributed by atoms with Gasteiger partial charge in [-0.2, -0.15) is 0 Å². The summed E-state index contributed by atoms with van der Waals surface area (Å²) in [5, 5.41) is 4.99. The molecule has 0 unspecified atom stereocenters. The van der Waals surface area contributed by atoms with Gasteiger partial charge in [0.15, 0.2) is 6.29 Å². The van der Waals surface area contributed by atoms with Crippen molar-refractivity contribution in [3.8, 4) is 0 Å². The van der Waals surface area contributed by atoms with Gasteiger partial charge in [-0.05, 0) is 12.1 Å². The molecule has 0 aliphatic rings. The highest BCUT2D eigenvalue weighted by molar-refractivity contribution is 7.89. The van der Waals surface area contributed by atoms with Gasteiger partial charge in [0.25, 0.3) is 0 Å². The normalized spacial score (nSPS) is 11.4. The van der Waals surface area contributed by atoms with E-state index in [-0.39, 0.29) is 20.5 Å². The molecule has 0 heterocycles. The summed E-state index contributed by atoms with van der Waals surface area (Å²) in [6.45, 7) is 0. The van der Waals surface area contributed by atoms with Gasteiger partial charge in [-0.15, -0.1) is 0 Å². The monoisotopic (exact) mass is 253 g/mol. The Kier molecular flexibility index (Phi) is 3.16. The highest BCUT2D eigenvalue weighted by Gasteiger charge is 2.16. The Bertz CT molecular complexity index is 484. The van der Waals surface area contributed by atoms with Crippen molar-refractivity contribution in [1.82, 2.24) is 0 Å². The zero-order valence-electron chi connectivity index (χ0n) is 6.70. The summed E-state index contributed by atoms with van der Waals surface area (Å²) in [6, 6.07) is 2.19. The standard InChI is InChI=1S/C7H5Cl2NO3S/c8-5-1-4(3-11)7(2-6(5)9)14(10,12)13/h1-3H,(H2,10,12,13). The molecule has 76 valence electrons. The first-order valence-electron chi connectivity index (χ1n) is 3.33. The molecule has 0 saturated heterocycles. The van der Waals surface area contributed by atoms with E-state index in [1.807, 2.05) is 0 Å². The zero-order chi connectivity index (χ0) is 10.9. The first-order chi connectivity index (χ1) is 6.36. The number of halogens is 2. The number of nitrogens with two attached hydrogens (primary N) is 1. The molecule has 0 fully saturated rings. The third-order valence-electron chi connectivity index (χ3n) is 1.49. The van der Waals surface area contributed by atoms with E-state index in [2.05, 4.69) is 0 Å². The van der Waals surface area contributed by atoms with Crippen molar-refractivity contribution >= 4 is 39.5 Å². The molecule has 7 heteroatoms. The Balaban J connectivity index is 3.59. The number of rotatable bonds is 2. The van der Waals surface area contributed by atoms with Crippen molar-refractivity contribution < 1.29 is 13.2 Å². The molecule has 0 aliphatic carbocycles. The van der Waals surface area contributed by atoms with E-state index in [1.165, 1.54) is 0 Å². The minimum Gasteiger partial charge on any atom is -0.298 e. The molecule has 1 aromatic carbocycles. The summed E-state index contributed by atoms with van der Waals surface area (Å²) >= 11 is 11.2. The lowest BCUT2D eigenvalue weighted by molar-refractivity contribution is 0.112. The van der Waals surface area contributed by atoms with Crippen LogP contribution in [0.25, 0.3) is 0 Å². The molecule has 1 aromatic rings. The van der Waals surface area contributed by atoms with E-state index >= 15 is 0 Å². The lowest BCUT2D eigenvalue weighted by atomic mass is 10.2. The number of aldehydes is 1. The van der Waals surface area contributed by atoms with Crippen LogP contribution in [0.15, 0.2) is 17.0 Å². The van der Waals surface area contributed by atoms with E-state index in [0.717, 1.165) is 12.1 Å². The minimum atomic E-state index is -3.96. The minimum absolute atomic E-state index is 0.0290. The van der Waals surface area contributed by atoms with Crippen molar-refractivity contribution in [3.05, 3.63) is 27.7 Å². The molecule has 0 atom stereocenters. The molecular formula is C7H5Cl2NO3S. The summed E-state index contributed by atoms with van der Waals surface area (Å²) in [6.07, 6.45) is 0.349. The largest absolute Gasteiger partial charge is 0.298 e. The topological polar surface area (TPSA) is 77.2 Å². The molecule has 0 aromatic heterocycles. The fraction of sp³-hybridized carbons (Fsp3) is 0. The summed E-state index contributed by atoms with van der Waals surface area (Å²) in [5.74, 6) is 0. The average Bonchev–Trinajstić information content (AvgIpc) is 2.07. The molecule has 0 radical (unpaired) electrons. The van der Waals surface area contributed by atoms with Crippen LogP contribution in [0.3, 0.4) is 0 Å². The van der Waals surface area contributed by atoms with Crippen molar-refractivity contribution in [2.75, 3.05) is 0 Å². The molecule has 0 spiro atoms. The predicted molar refractivity (Wildman–Crippen MR) is 53.2 cm³/mol. The van der Waals surface area contributed by atoms with E-state index in [0.29, 0.717) is 6.29 Å². The molecule has 0 saturated carbocycles. The van der Waals surface area contributed by atoms with Crippen molar-refractivity contribution in [3.63, 3.8) is 0 Å². The van der Waals surface area contributed by atoms with Crippen molar-refractivity contribution in [2.24, 2.45) is 5.14 Å². The van der Waals surface area contributed by atoms with Gasteiger partial charge in [-0.25, -0.2) is 13.6 Å². The number of hydrogen-bond donors (Lipinski definition) is 1. The fourth-order valence-corrected chi connectivity index (χ4v) is 2.00. The maximum Gasteiger partial charge on any atom is 0.238 e. The van der Waals surface area contributed by atoms with Crippen LogP contribution in [0.1, 0.15) is 10.4 Å². The second-order valence-corrected chi connectivity index (χ2v) is 4.81. The Morgan fingerprint density at radius 1 is 1.21 bits per heavy atom. The van der Waals surface area contributed by atoms with Crippen molar-refractivity contribution in [2.45, 2.75) is 4.90 Å². The molecular weight excluding hydrogens is 249 g/mol. The number of hydrogen-bond acceptors (Lipinski definition) is 3. The highest BCUT2D eigenvalue weighted by Crippen LogP contribution is 2.27. The SMILES string of the molecule is NS(=O)(=O)c1cc(Cl)c(Cl)cc1C=O. The maximum absolute atomic E-state index is 11.0. The van der Waals surface area contributed by atoms with Crippen LogP contribution in [0.4, 0.5) is 0 Å². The Labute approximate surface area is 90.7 Å². The maximum atomic E-state index is 11.0. The van der Waals surface area contributed by atoms with Crippen LogP contribution in [0.2, 0.25) is 10.0 Å². The van der Waals surface area contributed by atoms with Crippen LogP contribution in [0.5, 0.6) is 0 Å². The molecule has 14 heavy (non-hydrogen) atoms. The zero-order valence-corrected chi connectivity index (χ0v) is 9.03. The average molecular weight is 254 g/mol. The lowest BCUT2D eigenvalue weighted by Gasteiger charge is -2.03. The third kappa shape index (κ3) is 2.24. The summed E-state index contributed by atoms with van der Waals surface area (Å²) in [5.41, 5.74) is -0.109. The number of primary sulfonamides is 1. The summed E-state index contributed by atoms with van der Waals surface area (Å²) in [4.78, 5) is 10.2. The van der Waals surface area contributed by atoms with Crippen molar-refractivity contribution in [1.29, 1.82) is 0 Å². The van der Waals surface area contributed by atoms with Gasteiger partial charge in [-0.3, -0.25) is 4.79 Å². The molecule has 1 rings (SSSR count). The number of benzene rings is 1. The van der Waals surface area contributed by atoms with Crippen LogP contribution < -0.4 is 5.14 Å². The summed E-state index contributed by atoms with van der Waals surface area (Å²) in [7, 11) is -3.96. The summed E-state index contributed by atoms with van der Waals surface area (Å²) < 4.78 is 22.0. The van der Waals surface area contributed by atoms with Gasteiger partial charge >= 0.3 is 0 Å². The third-order valence-corrected chi connectivity index (χ3v) is 3.17. The quantitative estimate of drug-likeness (QED) is 0.811. The van der Waals surface area contributed by atoms with Gasteiger partial charge in [0.05, 0.1) is 14.9 Å². The first-order valence-corrected chi connectivity index (χ1v) is 5.63. The number of carbonyl (C=O) groups excluding carboxylic acids is 1. The van der Waals surface area contributed by atoms with Gasteiger partial charge < -0.3 is 0 Å². The Morgan fingerprint density at radius 3 is 2.14 bits per heavy atom. The van der Waals surface area contributed by atoms with E-state index in [4.69, 9.17) is 28.3 Å². The first kappa shape index (κ1) is 11.5. The molecule has 2 N–H and O–H groups in total. The number of carbonyl (C=O) groups is 1. The van der Waals surface area contributed by atoms with Gasteiger partial charge in [-0.1, -0.05) is 23.2 Å². The van der Waals surface area contributed by atoms with Crippen LogP contribution in [-0.4, -0.2) is 14.7 Å². The van der Waals surface area contributed by atoms with E-state index in [1.54, 1.807) is 0 Å². The second-order valence-electron chi connectivity index (χ2n) is 2.47. The van der Waals surface area contributed by atoms with Gasteiger partial charge in [0.2, 0.25) is 10.0 Å². The Hall–Kier alpha value is -0.620. The van der Waals surface area contributed by atoms with Crippen LogP contribution in [0, 0.1) is 0 Å². The van der Waals surface area contributed by atoms with E-state index < -0.39 is 10.0 Å². The lowest BCUT2D eigenvalue weighted by Crippen LogP contribution is -2.14. The van der Waals surface area contributed by atoms with E-state index in [9.17, 15) is 13.2 Å². The second kappa shape index (κ2) is 3.86. The van der Waals surface area contributed by atoms with Gasteiger partial charge in [0.1, 0.15) is 0 Å². The Morgan fingerprint density at radius 2 is 1.71 bits per heavy atom. The predicted octanol–water partition coefficient (Wildman–Crippen LogP) is 1.45. The fourth-order valence-electron chi connectivity index (χ4n) is 0.882. The van der Waals surface area contributed by atoms with Crippen LogP contribution in [-0.2, 0) is 10.0 Å². The number of sulfonamides is 1. The molecule has 0 bridgehead atoms. The highest BCUT2D eigenvalue weighted by atomic mass is 35.5. The molecule has 4 nitrogen and oxygen atoms in total. The van der Waals surface area contributed by atoms with Crippen LogP contribution >= 0.6 is 23.2 Å².